The molecule has 1 aromatic heterocycles. The predicted molar refractivity (Wildman–Crippen MR) is 77.7 cm³/mol. The lowest BCUT2D eigenvalue weighted by atomic mass is 9.87. The molecule has 0 radical (unpaired) electrons. The van der Waals surface area contributed by atoms with Crippen molar-refractivity contribution in [2.75, 3.05) is 6.54 Å². The van der Waals surface area contributed by atoms with Crippen molar-refractivity contribution in [1.29, 1.82) is 0 Å². The van der Waals surface area contributed by atoms with E-state index in [4.69, 9.17) is 0 Å². The summed E-state index contributed by atoms with van der Waals surface area (Å²) < 4.78 is 0. The summed E-state index contributed by atoms with van der Waals surface area (Å²) in [6, 6.07) is 1.88. The van der Waals surface area contributed by atoms with Crippen molar-refractivity contribution in [1.82, 2.24) is 15.5 Å². The fraction of sp³-hybridized carbons (Fsp3) is 0.733. The van der Waals surface area contributed by atoms with Gasteiger partial charge in [0, 0.05) is 18.2 Å². The largest absolute Gasteiger partial charge is 0.393 e. The third-order valence-electron chi connectivity index (χ3n) is 4.11. The van der Waals surface area contributed by atoms with E-state index in [1.165, 1.54) is 32.1 Å². The molecule has 0 aliphatic heterocycles. The lowest BCUT2D eigenvalue weighted by Gasteiger charge is -2.19. The van der Waals surface area contributed by atoms with Crippen LogP contribution >= 0.6 is 0 Å². The molecule has 2 rings (SSSR count). The number of aliphatic hydroxyl groups excluding tert-OH is 1. The molecule has 1 heterocycles. The Morgan fingerprint density at radius 2 is 2.25 bits per heavy atom. The number of carbonyl (C=O) groups excluding carboxylic acids is 1. The van der Waals surface area contributed by atoms with Crippen molar-refractivity contribution >= 4 is 5.91 Å². The van der Waals surface area contributed by atoms with Crippen molar-refractivity contribution in [2.24, 2.45) is 0 Å². The Labute approximate surface area is 120 Å². The number of hydrogen-bond acceptors (Lipinski definition) is 3. The van der Waals surface area contributed by atoms with Crippen LogP contribution in [0.2, 0.25) is 0 Å². The zero-order valence-corrected chi connectivity index (χ0v) is 12.2. The average Bonchev–Trinajstić information content (AvgIpc) is 2.97. The lowest BCUT2D eigenvalue weighted by Crippen LogP contribution is -2.27. The normalized spacial score (nSPS) is 17.9. The number of rotatable bonds is 6. The lowest BCUT2D eigenvalue weighted by molar-refractivity contribution is 0.0937. The van der Waals surface area contributed by atoms with E-state index in [0.29, 0.717) is 31.0 Å². The fourth-order valence-electron chi connectivity index (χ4n) is 2.72. The number of carbonyl (C=O) groups is 1. The summed E-state index contributed by atoms with van der Waals surface area (Å²) in [4.78, 5) is 11.9. The van der Waals surface area contributed by atoms with Gasteiger partial charge in [0.05, 0.1) is 6.10 Å². The zero-order chi connectivity index (χ0) is 14.4. The van der Waals surface area contributed by atoms with Gasteiger partial charge in [-0.25, -0.2) is 0 Å². The molecule has 1 aliphatic carbocycles. The molecule has 0 spiro atoms. The Balaban J connectivity index is 1.83. The zero-order valence-electron chi connectivity index (χ0n) is 12.2. The molecule has 1 atom stereocenters. The van der Waals surface area contributed by atoms with Gasteiger partial charge in [-0.2, -0.15) is 5.10 Å². The van der Waals surface area contributed by atoms with E-state index in [-0.39, 0.29) is 12.0 Å². The van der Waals surface area contributed by atoms with Crippen LogP contribution in [-0.4, -0.2) is 33.9 Å². The number of aromatic nitrogens is 2. The van der Waals surface area contributed by atoms with Gasteiger partial charge in [0.2, 0.25) is 0 Å². The molecule has 1 fully saturated rings. The Morgan fingerprint density at radius 3 is 2.95 bits per heavy atom. The summed E-state index contributed by atoms with van der Waals surface area (Å²) in [6.07, 6.45) is 7.18. The molecule has 1 amide bonds. The Kier molecular flexibility index (Phi) is 5.59. The second-order valence-corrected chi connectivity index (χ2v) is 5.65. The number of H-pyrrole nitrogens is 1. The van der Waals surface area contributed by atoms with E-state index in [1.54, 1.807) is 0 Å². The molecule has 0 bridgehead atoms. The molecule has 1 aromatic rings. The number of aromatic amines is 1. The Bertz CT molecular complexity index is 425. The van der Waals surface area contributed by atoms with Crippen molar-refractivity contribution in [2.45, 2.75) is 63.9 Å². The van der Waals surface area contributed by atoms with Crippen LogP contribution in [0.3, 0.4) is 0 Å². The molecular formula is C15H25N3O2. The standard InChI is InChI=1S/C15H25N3O2/c1-2-12(19)8-9-16-15(20)14-10-13(17-18-14)11-6-4-3-5-7-11/h10-12,19H,2-9H2,1H3,(H,16,20)(H,17,18). The number of amides is 1. The fourth-order valence-corrected chi connectivity index (χ4v) is 2.72. The van der Waals surface area contributed by atoms with Crippen LogP contribution in [-0.2, 0) is 0 Å². The molecule has 1 saturated carbocycles. The van der Waals surface area contributed by atoms with E-state index < -0.39 is 0 Å². The van der Waals surface area contributed by atoms with Crippen LogP contribution in [0.4, 0.5) is 0 Å². The highest BCUT2D eigenvalue weighted by atomic mass is 16.3. The molecule has 112 valence electrons. The molecule has 20 heavy (non-hydrogen) atoms. The minimum atomic E-state index is -0.340. The minimum absolute atomic E-state index is 0.161. The van der Waals surface area contributed by atoms with Gasteiger partial charge in [-0.05, 0) is 31.7 Å². The topological polar surface area (TPSA) is 78.0 Å². The Morgan fingerprint density at radius 1 is 1.50 bits per heavy atom. The Hall–Kier alpha value is -1.36. The first kappa shape index (κ1) is 15.0. The second kappa shape index (κ2) is 7.43. The summed E-state index contributed by atoms with van der Waals surface area (Å²) >= 11 is 0. The first-order chi connectivity index (χ1) is 9.70. The van der Waals surface area contributed by atoms with Gasteiger partial charge in [-0.1, -0.05) is 26.2 Å². The molecule has 3 N–H and O–H groups in total. The van der Waals surface area contributed by atoms with E-state index in [1.807, 2.05) is 13.0 Å². The monoisotopic (exact) mass is 279 g/mol. The molecule has 0 aromatic carbocycles. The van der Waals surface area contributed by atoms with Crippen LogP contribution in [0.15, 0.2) is 6.07 Å². The highest BCUT2D eigenvalue weighted by Gasteiger charge is 2.19. The number of nitrogens with one attached hydrogen (secondary N) is 2. The minimum Gasteiger partial charge on any atom is -0.393 e. The number of nitrogens with zero attached hydrogens (tertiary/aromatic N) is 1. The molecule has 5 nitrogen and oxygen atoms in total. The molecular weight excluding hydrogens is 254 g/mol. The first-order valence-corrected chi connectivity index (χ1v) is 7.72. The molecule has 5 heteroatoms. The predicted octanol–water partition coefficient (Wildman–Crippen LogP) is 2.35. The molecule has 1 unspecified atom stereocenters. The number of hydrogen-bond donors (Lipinski definition) is 3. The van der Waals surface area contributed by atoms with Crippen LogP contribution in [0.1, 0.15) is 74.0 Å². The summed E-state index contributed by atoms with van der Waals surface area (Å²) in [5.41, 5.74) is 1.54. The van der Waals surface area contributed by atoms with Gasteiger partial charge >= 0.3 is 0 Å². The van der Waals surface area contributed by atoms with Crippen molar-refractivity contribution in [3.8, 4) is 0 Å². The maximum Gasteiger partial charge on any atom is 0.271 e. The SMILES string of the molecule is CCC(O)CCNC(=O)c1cc(C2CCCCC2)[nH]n1. The van der Waals surface area contributed by atoms with Gasteiger partial charge in [-0.3, -0.25) is 9.89 Å². The number of aliphatic hydroxyl groups is 1. The van der Waals surface area contributed by atoms with E-state index in [9.17, 15) is 9.90 Å². The highest BCUT2D eigenvalue weighted by molar-refractivity contribution is 5.92. The summed E-state index contributed by atoms with van der Waals surface area (Å²) in [7, 11) is 0. The van der Waals surface area contributed by atoms with Gasteiger partial charge in [-0.15, -0.1) is 0 Å². The summed E-state index contributed by atoms with van der Waals surface area (Å²) in [5, 5.41) is 19.4. The first-order valence-electron chi connectivity index (χ1n) is 7.72. The van der Waals surface area contributed by atoms with E-state index >= 15 is 0 Å². The van der Waals surface area contributed by atoms with Crippen LogP contribution < -0.4 is 5.32 Å². The second-order valence-electron chi connectivity index (χ2n) is 5.65. The third kappa shape index (κ3) is 4.07. The van der Waals surface area contributed by atoms with E-state index in [2.05, 4.69) is 15.5 Å². The summed E-state index contributed by atoms with van der Waals surface area (Å²) in [6.45, 7) is 2.41. The summed E-state index contributed by atoms with van der Waals surface area (Å²) in [5.74, 6) is 0.367. The quantitative estimate of drug-likeness (QED) is 0.748. The molecule has 0 saturated heterocycles. The third-order valence-corrected chi connectivity index (χ3v) is 4.11. The van der Waals surface area contributed by atoms with Crippen LogP contribution in [0, 0.1) is 0 Å². The highest BCUT2D eigenvalue weighted by Crippen LogP contribution is 2.31. The van der Waals surface area contributed by atoms with Crippen LogP contribution in [0.5, 0.6) is 0 Å². The molecule has 1 aliphatic rings. The van der Waals surface area contributed by atoms with Crippen LogP contribution in [0.25, 0.3) is 0 Å². The maximum absolute atomic E-state index is 11.9. The van der Waals surface area contributed by atoms with Crippen molar-refractivity contribution < 1.29 is 9.90 Å². The van der Waals surface area contributed by atoms with Gasteiger partial charge in [0.15, 0.2) is 0 Å². The maximum atomic E-state index is 11.9. The van der Waals surface area contributed by atoms with Crippen molar-refractivity contribution in [3.05, 3.63) is 17.5 Å². The van der Waals surface area contributed by atoms with E-state index in [0.717, 1.165) is 5.69 Å². The van der Waals surface area contributed by atoms with Gasteiger partial charge in [0.25, 0.3) is 5.91 Å². The van der Waals surface area contributed by atoms with Gasteiger partial charge in [0.1, 0.15) is 5.69 Å². The average molecular weight is 279 g/mol. The van der Waals surface area contributed by atoms with Gasteiger partial charge < -0.3 is 10.4 Å². The smallest absolute Gasteiger partial charge is 0.271 e. The van der Waals surface area contributed by atoms with Crippen molar-refractivity contribution in [3.63, 3.8) is 0 Å².